The normalized spacial score (nSPS) is 12.0. The molecule has 0 aliphatic rings. The molecule has 0 aromatic heterocycles. The molecule has 0 saturated carbocycles. The van der Waals surface area contributed by atoms with Gasteiger partial charge in [0.25, 0.3) is 10.1 Å². The number of nitroso groups, excluding NO2 is 1. The van der Waals surface area contributed by atoms with Gasteiger partial charge in [-0.3, -0.25) is 8.98 Å². The van der Waals surface area contributed by atoms with Gasteiger partial charge in [-0.15, -0.1) is 4.91 Å². The Balaban J connectivity index is 2.71. The monoisotopic (exact) mass is 359 g/mol. The Morgan fingerprint density at radius 2 is 1.92 bits per heavy atom. The molecule has 0 fully saturated rings. The molecule has 134 valence electrons. The number of carbonyl (C=O) groups is 1. The zero-order chi connectivity index (χ0) is 18.5. The van der Waals surface area contributed by atoms with Gasteiger partial charge in [-0.1, -0.05) is 6.07 Å². The van der Waals surface area contributed by atoms with Crippen LogP contribution in [-0.4, -0.2) is 31.7 Å². The van der Waals surface area contributed by atoms with Crippen LogP contribution in [0.3, 0.4) is 0 Å². The van der Waals surface area contributed by atoms with E-state index in [-0.39, 0.29) is 19.4 Å². The third-order valence-corrected chi connectivity index (χ3v) is 4.21. The fourth-order valence-corrected chi connectivity index (χ4v) is 2.86. The highest BCUT2D eigenvalue weighted by molar-refractivity contribution is 7.87. The van der Waals surface area contributed by atoms with Gasteiger partial charge in [0.15, 0.2) is 5.69 Å². The zero-order valence-electron chi connectivity index (χ0n) is 14.0. The summed E-state index contributed by atoms with van der Waals surface area (Å²) in [7, 11) is -4.28. The van der Waals surface area contributed by atoms with Crippen LogP contribution in [0.4, 0.5) is 5.69 Å². The molecule has 0 unspecified atom stereocenters. The van der Waals surface area contributed by atoms with E-state index in [4.69, 9.17) is 8.92 Å². The van der Waals surface area contributed by atoms with Gasteiger partial charge in [-0.25, -0.2) is 0 Å². The number of nitrogens with zero attached hydrogens (tertiary/aromatic N) is 1. The lowest BCUT2D eigenvalue weighted by atomic mass is 10.2. The highest BCUT2D eigenvalue weighted by Gasteiger charge is 2.24. The first kappa shape index (κ1) is 20.0. The van der Waals surface area contributed by atoms with Crippen molar-refractivity contribution >= 4 is 21.8 Å². The third-order valence-electron chi connectivity index (χ3n) is 2.86. The number of aromatic hydroxyl groups is 1. The summed E-state index contributed by atoms with van der Waals surface area (Å²) < 4.78 is 34.1. The second-order valence-electron chi connectivity index (χ2n) is 6.14. The van der Waals surface area contributed by atoms with E-state index in [2.05, 4.69) is 5.18 Å². The van der Waals surface area contributed by atoms with Gasteiger partial charge in [0, 0.05) is 6.42 Å². The number of benzene rings is 1. The van der Waals surface area contributed by atoms with E-state index in [0.29, 0.717) is 5.56 Å². The van der Waals surface area contributed by atoms with Crippen LogP contribution in [-0.2, 0) is 23.8 Å². The average Bonchev–Trinajstić information content (AvgIpc) is 2.44. The third kappa shape index (κ3) is 5.57. The summed E-state index contributed by atoms with van der Waals surface area (Å²) in [4.78, 5) is 21.8. The van der Waals surface area contributed by atoms with Crippen molar-refractivity contribution in [3.63, 3.8) is 0 Å². The number of aryl methyl sites for hydroxylation is 1. The van der Waals surface area contributed by atoms with E-state index in [1.54, 1.807) is 20.8 Å². The second kappa shape index (κ2) is 7.71. The largest absolute Gasteiger partial charge is 0.505 e. The molecule has 0 aliphatic heterocycles. The first-order chi connectivity index (χ1) is 11.0. The van der Waals surface area contributed by atoms with Crippen molar-refractivity contribution in [3.05, 3.63) is 22.6 Å². The maximum atomic E-state index is 12.1. The molecule has 0 amide bonds. The molecule has 0 radical (unpaired) electrons. The number of phenolic OH excluding ortho intramolecular Hbond substituents is 1. The summed E-state index contributed by atoms with van der Waals surface area (Å²) in [5, 5.41) is 12.3. The van der Waals surface area contributed by atoms with Gasteiger partial charge in [-0.2, -0.15) is 8.42 Å². The molecule has 24 heavy (non-hydrogen) atoms. The molecular formula is C15H21NO7S. The van der Waals surface area contributed by atoms with Crippen molar-refractivity contribution < 1.29 is 27.2 Å². The Morgan fingerprint density at radius 1 is 1.29 bits per heavy atom. The Labute approximate surface area is 140 Å². The predicted octanol–water partition coefficient (Wildman–Crippen LogP) is 2.93. The average molecular weight is 359 g/mol. The Kier molecular flexibility index (Phi) is 6.44. The van der Waals surface area contributed by atoms with Crippen molar-refractivity contribution in [2.45, 2.75) is 51.0 Å². The number of rotatable bonds is 7. The van der Waals surface area contributed by atoms with Crippen molar-refractivity contribution in [2.75, 3.05) is 6.61 Å². The smallest absolute Gasteiger partial charge is 0.306 e. The number of hydrogen-bond donors (Lipinski definition) is 1. The van der Waals surface area contributed by atoms with Crippen molar-refractivity contribution in [3.8, 4) is 5.75 Å². The first-order valence-corrected chi connectivity index (χ1v) is 8.66. The number of carbonyl (C=O) groups excluding carboxylic acids is 1. The molecule has 0 atom stereocenters. The minimum absolute atomic E-state index is 0.00920. The summed E-state index contributed by atoms with van der Waals surface area (Å²) in [6.45, 7) is 6.41. The van der Waals surface area contributed by atoms with Crippen LogP contribution in [0.15, 0.2) is 22.2 Å². The molecule has 1 rings (SSSR count). The maximum absolute atomic E-state index is 12.1. The molecule has 1 aromatic rings. The topological polar surface area (TPSA) is 119 Å². The lowest BCUT2D eigenvalue weighted by molar-refractivity contribution is -0.155. The molecule has 0 saturated heterocycles. The predicted molar refractivity (Wildman–Crippen MR) is 86.5 cm³/mol. The number of hydrogen-bond acceptors (Lipinski definition) is 8. The number of ether oxygens (including phenoxy) is 1. The standard InChI is InChI=1S/C15H21NO7S/c1-10-7-8-11(13(16-19)14(10)18)24(20,21)22-9-5-6-12(17)23-15(2,3)4/h7-8,18H,5-6,9H2,1-4H3. The molecule has 0 heterocycles. The lowest BCUT2D eigenvalue weighted by Gasteiger charge is -2.19. The number of esters is 1. The van der Waals surface area contributed by atoms with Crippen LogP contribution in [0.2, 0.25) is 0 Å². The minimum atomic E-state index is -4.28. The second-order valence-corrected chi connectivity index (χ2v) is 7.72. The maximum Gasteiger partial charge on any atom is 0.306 e. The molecule has 1 aromatic carbocycles. The molecule has 9 heteroatoms. The Hall–Kier alpha value is -2.00. The highest BCUT2D eigenvalue weighted by Crippen LogP contribution is 2.36. The van der Waals surface area contributed by atoms with Crippen molar-refractivity contribution in [2.24, 2.45) is 5.18 Å². The van der Waals surface area contributed by atoms with Gasteiger partial charge in [0.05, 0.1) is 6.61 Å². The summed E-state index contributed by atoms with van der Waals surface area (Å²) in [6, 6.07) is 2.47. The summed E-state index contributed by atoms with van der Waals surface area (Å²) in [5.74, 6) is -0.977. The van der Waals surface area contributed by atoms with E-state index >= 15 is 0 Å². The van der Waals surface area contributed by atoms with Crippen LogP contribution in [0.5, 0.6) is 5.75 Å². The Morgan fingerprint density at radius 3 is 2.46 bits per heavy atom. The molecule has 1 N–H and O–H groups in total. The Bertz CT molecular complexity index is 720. The summed E-state index contributed by atoms with van der Waals surface area (Å²) >= 11 is 0. The van der Waals surface area contributed by atoms with Crippen LogP contribution < -0.4 is 0 Å². The zero-order valence-corrected chi connectivity index (χ0v) is 14.8. The van der Waals surface area contributed by atoms with E-state index in [0.717, 1.165) is 6.07 Å². The first-order valence-electron chi connectivity index (χ1n) is 7.25. The van der Waals surface area contributed by atoms with E-state index in [9.17, 15) is 23.2 Å². The molecular weight excluding hydrogens is 338 g/mol. The van der Waals surface area contributed by atoms with E-state index in [1.807, 2.05) is 0 Å². The van der Waals surface area contributed by atoms with Crippen LogP contribution in [0.25, 0.3) is 0 Å². The van der Waals surface area contributed by atoms with Gasteiger partial charge < -0.3 is 9.84 Å². The van der Waals surface area contributed by atoms with Gasteiger partial charge in [0.1, 0.15) is 16.2 Å². The quantitative estimate of drug-likeness (QED) is 0.344. The SMILES string of the molecule is Cc1ccc(S(=O)(=O)OCCCC(=O)OC(C)(C)C)c(N=O)c1O. The fraction of sp³-hybridized carbons (Fsp3) is 0.533. The van der Waals surface area contributed by atoms with E-state index < -0.39 is 38.0 Å². The molecule has 8 nitrogen and oxygen atoms in total. The fourth-order valence-electron chi connectivity index (χ4n) is 1.79. The number of phenols is 1. The van der Waals surface area contributed by atoms with Gasteiger partial charge in [-0.05, 0) is 50.9 Å². The van der Waals surface area contributed by atoms with Crippen LogP contribution in [0, 0.1) is 11.8 Å². The molecule has 0 aliphatic carbocycles. The molecule has 0 spiro atoms. The van der Waals surface area contributed by atoms with Crippen molar-refractivity contribution in [1.82, 2.24) is 0 Å². The highest BCUT2D eigenvalue weighted by atomic mass is 32.2. The van der Waals surface area contributed by atoms with Gasteiger partial charge >= 0.3 is 5.97 Å². The van der Waals surface area contributed by atoms with Gasteiger partial charge in [0.2, 0.25) is 0 Å². The van der Waals surface area contributed by atoms with Crippen LogP contribution in [0.1, 0.15) is 39.2 Å². The van der Waals surface area contributed by atoms with E-state index in [1.165, 1.54) is 13.0 Å². The minimum Gasteiger partial charge on any atom is -0.505 e. The van der Waals surface area contributed by atoms with Crippen molar-refractivity contribution in [1.29, 1.82) is 0 Å². The summed E-state index contributed by atoms with van der Waals surface area (Å²) in [5.41, 5.74) is -0.899. The summed E-state index contributed by atoms with van der Waals surface area (Å²) in [6.07, 6.45) is 0.112. The molecule has 0 bridgehead atoms. The van der Waals surface area contributed by atoms with Crippen LogP contribution >= 0.6 is 0 Å². The lowest BCUT2D eigenvalue weighted by Crippen LogP contribution is -2.24.